The van der Waals surface area contributed by atoms with Crippen LogP contribution in [-0.4, -0.2) is 32.1 Å². The molecule has 0 saturated heterocycles. The van der Waals surface area contributed by atoms with Gasteiger partial charge in [-0.15, -0.1) is 0 Å². The molecular formula is C32H47BrO4S. The molecule has 0 radical (unpaired) electrons. The van der Waals surface area contributed by atoms with E-state index in [0.29, 0.717) is 18.8 Å². The summed E-state index contributed by atoms with van der Waals surface area (Å²) in [4.78, 5) is 39.2. The topological polar surface area (TPSA) is 71.4 Å². The minimum Gasteiger partial charge on any atom is -0.481 e. The number of halogens is 1. The average Bonchev–Trinajstić information content (AvgIpc) is 2.78. The molecule has 4 fully saturated rings. The molecule has 5 rings (SSSR count). The fourth-order valence-corrected chi connectivity index (χ4v) is 13.6. The Morgan fingerprint density at radius 2 is 1.61 bits per heavy atom. The molecule has 0 heterocycles. The van der Waals surface area contributed by atoms with Gasteiger partial charge in [0.25, 0.3) is 0 Å². The van der Waals surface area contributed by atoms with E-state index in [9.17, 15) is 19.5 Å². The predicted octanol–water partition coefficient (Wildman–Crippen LogP) is 8.07. The second kappa shape index (κ2) is 8.69. The summed E-state index contributed by atoms with van der Waals surface area (Å²) in [5, 5.41) is 10.5. The van der Waals surface area contributed by atoms with Gasteiger partial charge >= 0.3 is 5.97 Å². The highest BCUT2D eigenvalue weighted by molar-refractivity contribution is 9.09. The second-order valence-corrected chi connectivity index (χ2v) is 18.1. The molecule has 1 N–H and O–H groups in total. The lowest BCUT2D eigenvalue weighted by molar-refractivity contribution is -0.183. The van der Waals surface area contributed by atoms with E-state index in [-0.39, 0.29) is 59.9 Å². The molecule has 38 heavy (non-hydrogen) atoms. The third-order valence-electron chi connectivity index (χ3n) is 13.2. The molecule has 5 aliphatic carbocycles. The predicted molar refractivity (Wildman–Crippen MR) is 157 cm³/mol. The summed E-state index contributed by atoms with van der Waals surface area (Å²) in [5.74, 6) is 0.0139. The average molecular weight is 608 g/mol. The maximum Gasteiger partial charge on any atom is 0.309 e. The van der Waals surface area contributed by atoms with E-state index in [0.717, 1.165) is 38.5 Å². The van der Waals surface area contributed by atoms with Crippen molar-refractivity contribution in [3.63, 3.8) is 0 Å². The van der Waals surface area contributed by atoms with Crippen molar-refractivity contribution in [3.05, 3.63) is 11.6 Å². The lowest BCUT2D eigenvalue weighted by Gasteiger charge is -2.71. The summed E-state index contributed by atoms with van der Waals surface area (Å²) in [7, 11) is 0. The summed E-state index contributed by atoms with van der Waals surface area (Å²) >= 11 is 5.49. The van der Waals surface area contributed by atoms with E-state index >= 15 is 0 Å². The Balaban J connectivity index is 1.60. The van der Waals surface area contributed by atoms with Crippen LogP contribution in [0.1, 0.15) is 107 Å². The molecule has 0 amide bonds. The molecule has 0 aromatic carbocycles. The van der Waals surface area contributed by atoms with Gasteiger partial charge < -0.3 is 5.11 Å². The smallest absolute Gasteiger partial charge is 0.309 e. The van der Waals surface area contributed by atoms with Gasteiger partial charge in [-0.05, 0) is 103 Å². The van der Waals surface area contributed by atoms with E-state index in [1.165, 1.54) is 17.3 Å². The van der Waals surface area contributed by atoms with Gasteiger partial charge in [0.15, 0.2) is 10.9 Å². The number of allylic oxidation sites excluding steroid dienone is 2. The number of carboxylic acid groups (broad SMARTS) is 1. The van der Waals surface area contributed by atoms with Crippen molar-refractivity contribution in [1.29, 1.82) is 0 Å². The number of carboxylic acids is 1. The molecule has 4 nitrogen and oxygen atoms in total. The molecule has 0 bridgehead atoms. The first-order valence-electron chi connectivity index (χ1n) is 14.7. The molecule has 212 valence electrons. The van der Waals surface area contributed by atoms with Gasteiger partial charge in [-0.25, -0.2) is 0 Å². The third-order valence-corrected chi connectivity index (χ3v) is 16.0. The highest BCUT2D eigenvalue weighted by atomic mass is 79.9. The Morgan fingerprint density at radius 3 is 2.21 bits per heavy atom. The molecule has 6 heteroatoms. The van der Waals surface area contributed by atoms with Crippen LogP contribution in [0.25, 0.3) is 0 Å². The first kappa shape index (κ1) is 28.9. The van der Waals surface area contributed by atoms with Gasteiger partial charge in [-0.2, -0.15) is 0 Å². The van der Waals surface area contributed by atoms with Gasteiger partial charge in [0.2, 0.25) is 0 Å². The minimum absolute atomic E-state index is 0.0653. The van der Waals surface area contributed by atoms with Gasteiger partial charge in [-0.1, -0.05) is 74.8 Å². The monoisotopic (exact) mass is 606 g/mol. The van der Waals surface area contributed by atoms with E-state index in [1.807, 2.05) is 13.0 Å². The Labute approximate surface area is 242 Å². The first-order valence-corrected chi connectivity index (χ1v) is 16.5. The number of alkyl halides is 1. The summed E-state index contributed by atoms with van der Waals surface area (Å²) < 4.78 is 0. The van der Waals surface area contributed by atoms with Crippen molar-refractivity contribution in [2.75, 3.05) is 0 Å². The minimum atomic E-state index is -0.728. The number of fused-ring (bicyclic) bond motifs is 7. The van der Waals surface area contributed by atoms with Crippen molar-refractivity contribution in [3.8, 4) is 0 Å². The lowest BCUT2D eigenvalue weighted by atomic mass is 9.33. The van der Waals surface area contributed by atoms with E-state index in [2.05, 4.69) is 57.5 Å². The third kappa shape index (κ3) is 3.70. The molecular weight excluding hydrogens is 560 g/mol. The number of ketones is 1. The molecule has 0 spiro atoms. The first-order chi connectivity index (χ1) is 17.4. The summed E-state index contributed by atoms with van der Waals surface area (Å²) in [6.45, 7) is 17.8. The van der Waals surface area contributed by atoms with Gasteiger partial charge in [0, 0.05) is 22.9 Å². The largest absolute Gasteiger partial charge is 0.481 e. The summed E-state index contributed by atoms with van der Waals surface area (Å²) in [6, 6.07) is 0. The fourth-order valence-electron chi connectivity index (χ4n) is 10.8. The number of hydrogen-bond acceptors (Lipinski definition) is 4. The van der Waals surface area contributed by atoms with Gasteiger partial charge in [-0.3, -0.25) is 14.4 Å². The number of carbonyl (C=O) groups is 3. The van der Waals surface area contributed by atoms with Crippen molar-refractivity contribution in [1.82, 2.24) is 0 Å². The van der Waals surface area contributed by atoms with Crippen LogP contribution in [0.4, 0.5) is 0 Å². The zero-order chi connectivity index (χ0) is 28.3. The van der Waals surface area contributed by atoms with Gasteiger partial charge in [0.1, 0.15) is 0 Å². The van der Waals surface area contributed by atoms with Crippen LogP contribution in [0.2, 0.25) is 0 Å². The molecule has 4 saturated carbocycles. The fraction of sp³-hybridized carbons (Fsp3) is 0.844. The van der Waals surface area contributed by atoms with E-state index < -0.39 is 11.4 Å². The molecule has 0 aromatic rings. The number of carbonyl (C=O) groups excluding carboxylic acids is 2. The highest BCUT2D eigenvalue weighted by Crippen LogP contribution is 2.75. The van der Waals surface area contributed by atoms with Crippen LogP contribution in [-0.2, 0) is 14.4 Å². The molecule has 0 aromatic heterocycles. The number of thioether (sulfide) groups is 1. The van der Waals surface area contributed by atoms with Crippen LogP contribution in [0.15, 0.2) is 11.6 Å². The van der Waals surface area contributed by atoms with Crippen LogP contribution in [0.3, 0.4) is 0 Å². The maximum absolute atomic E-state index is 14.5. The number of aliphatic carboxylic acids is 1. The quantitative estimate of drug-likeness (QED) is 0.322. The summed E-state index contributed by atoms with van der Waals surface area (Å²) in [5.41, 5.74) is 0.0765. The highest BCUT2D eigenvalue weighted by Gasteiger charge is 2.71. The molecule has 0 unspecified atom stereocenters. The van der Waals surface area contributed by atoms with Crippen LogP contribution < -0.4 is 0 Å². The zero-order valence-corrected chi connectivity index (χ0v) is 27.0. The lowest BCUT2D eigenvalue weighted by Crippen LogP contribution is -2.67. The Kier molecular flexibility index (Phi) is 6.61. The Morgan fingerprint density at radius 1 is 0.974 bits per heavy atom. The number of hydrogen-bond donors (Lipinski definition) is 1. The molecule has 5 aliphatic rings. The van der Waals surface area contributed by atoms with E-state index in [1.54, 1.807) is 6.92 Å². The van der Waals surface area contributed by atoms with Crippen molar-refractivity contribution in [2.24, 2.45) is 50.2 Å². The summed E-state index contributed by atoms with van der Waals surface area (Å²) in [6.07, 6.45) is 9.43. The second-order valence-electron chi connectivity index (χ2n) is 15.6. The normalized spacial score (nSPS) is 51.6. The standard InChI is InChI=1S/C32H47BrO4S/c1-18(34)38-25-21(33)17-30(6)23(27(25,2)3)9-10-32(8)24(30)22(35)15-19-20-16-29(5,26(36)37)12-11-28(20,4)13-14-31(19,32)7/h15,20-21,23-25H,9-14,16-17H2,1-8H3,(H,36,37)/t20-,21+,23-,24+,25-,28+,29+,30-,31+,32+/m0/s1. The van der Waals surface area contributed by atoms with Crippen molar-refractivity contribution < 1.29 is 19.5 Å². The molecule has 10 atom stereocenters. The van der Waals surface area contributed by atoms with Crippen LogP contribution in [0.5, 0.6) is 0 Å². The zero-order valence-electron chi connectivity index (χ0n) is 24.6. The number of rotatable bonds is 2. The van der Waals surface area contributed by atoms with Crippen LogP contribution >= 0.6 is 27.7 Å². The maximum atomic E-state index is 14.5. The van der Waals surface area contributed by atoms with Gasteiger partial charge in [0.05, 0.1) is 5.41 Å². The van der Waals surface area contributed by atoms with Crippen molar-refractivity contribution >= 4 is 44.6 Å². The Hall–Kier alpha value is -0.620. The Bertz CT molecular complexity index is 1110. The van der Waals surface area contributed by atoms with Crippen molar-refractivity contribution in [2.45, 2.75) is 117 Å². The SMILES string of the molecule is CC(=O)S[C@H]1[C@H](Br)C[C@]2(C)[C@H]3C(=O)C=C4[C@@H]5C[C@](C)(C(=O)O)CC[C@]5(C)CC[C@@]4(C)[C@]3(C)CC[C@H]2C1(C)C. The van der Waals surface area contributed by atoms with Crippen LogP contribution in [0, 0.1) is 50.2 Å². The molecule has 0 aliphatic heterocycles. The van der Waals surface area contributed by atoms with E-state index in [4.69, 9.17) is 0 Å².